The molecule has 64 valence electrons. The van der Waals surface area contributed by atoms with E-state index in [2.05, 4.69) is 12.2 Å². The molecule has 0 aromatic carbocycles. The monoisotopic (exact) mass is 157 g/mol. The largest absolute Gasteiger partial charge is 0.481 e. The molecule has 1 rings (SSSR count). The average Bonchev–Trinajstić information content (AvgIpc) is 1.85. The van der Waals surface area contributed by atoms with E-state index in [4.69, 9.17) is 5.11 Å². The molecule has 1 heterocycles. The van der Waals surface area contributed by atoms with Crippen molar-refractivity contribution in [3.63, 3.8) is 0 Å². The highest BCUT2D eigenvalue weighted by Gasteiger charge is 2.20. The summed E-state index contributed by atoms with van der Waals surface area (Å²) in [6, 6.07) is 0.494. The number of hydrogen-bond donors (Lipinski definition) is 2. The van der Waals surface area contributed by atoms with Gasteiger partial charge in [-0.1, -0.05) is 0 Å². The lowest BCUT2D eigenvalue weighted by Gasteiger charge is -2.26. The van der Waals surface area contributed by atoms with Gasteiger partial charge in [-0.2, -0.15) is 0 Å². The van der Waals surface area contributed by atoms with Crippen molar-refractivity contribution < 1.29 is 9.90 Å². The molecule has 1 saturated heterocycles. The molecule has 2 atom stereocenters. The first-order chi connectivity index (χ1) is 5.18. The number of carboxylic acids is 1. The number of piperidine rings is 1. The number of nitrogens with one attached hydrogen (secondary N) is 1. The van der Waals surface area contributed by atoms with Crippen LogP contribution in [-0.2, 0) is 4.79 Å². The Kier molecular flexibility index (Phi) is 2.88. The van der Waals surface area contributed by atoms with E-state index in [9.17, 15) is 4.79 Å². The number of aliphatic carboxylic acids is 1. The van der Waals surface area contributed by atoms with Crippen LogP contribution in [0.25, 0.3) is 0 Å². The summed E-state index contributed by atoms with van der Waals surface area (Å²) >= 11 is 0. The van der Waals surface area contributed by atoms with Crippen LogP contribution in [0.2, 0.25) is 0 Å². The van der Waals surface area contributed by atoms with Crippen molar-refractivity contribution in [3.8, 4) is 0 Å². The van der Waals surface area contributed by atoms with Crippen molar-refractivity contribution in [2.45, 2.75) is 32.2 Å². The molecule has 1 fully saturated rings. The molecule has 0 amide bonds. The number of hydrogen-bond acceptors (Lipinski definition) is 2. The van der Waals surface area contributed by atoms with Crippen molar-refractivity contribution in [2.75, 3.05) is 6.54 Å². The van der Waals surface area contributed by atoms with E-state index < -0.39 is 5.97 Å². The van der Waals surface area contributed by atoms with Crippen LogP contribution >= 0.6 is 0 Å². The quantitative estimate of drug-likeness (QED) is 0.624. The summed E-state index contributed by atoms with van der Waals surface area (Å²) in [5.41, 5.74) is 0. The maximum Gasteiger partial charge on any atom is 0.303 e. The van der Waals surface area contributed by atoms with Gasteiger partial charge in [0.2, 0.25) is 0 Å². The van der Waals surface area contributed by atoms with Crippen molar-refractivity contribution in [1.82, 2.24) is 5.32 Å². The molecule has 11 heavy (non-hydrogen) atoms. The average molecular weight is 157 g/mol. The number of carbonyl (C=O) groups is 1. The number of rotatable bonds is 2. The maximum atomic E-state index is 10.4. The fourth-order valence-corrected chi connectivity index (χ4v) is 1.67. The lowest BCUT2D eigenvalue weighted by Crippen LogP contribution is -2.36. The standard InChI is InChI=1S/C8H15NO2/c1-6-4-7(2-3-9-6)5-8(10)11/h6-7,9H,2-5H2,1H3,(H,10,11)/t6-,7-/m1/s1. The van der Waals surface area contributed by atoms with Crippen LogP contribution in [0.4, 0.5) is 0 Å². The molecular formula is C8H15NO2. The van der Waals surface area contributed by atoms with E-state index in [1.165, 1.54) is 0 Å². The van der Waals surface area contributed by atoms with Gasteiger partial charge < -0.3 is 10.4 Å². The summed E-state index contributed by atoms with van der Waals surface area (Å²) in [5.74, 6) is -0.271. The van der Waals surface area contributed by atoms with E-state index in [1.807, 2.05) is 0 Å². The van der Waals surface area contributed by atoms with Gasteiger partial charge in [-0.3, -0.25) is 4.79 Å². The first-order valence-electron chi connectivity index (χ1n) is 4.13. The molecule has 0 aromatic heterocycles. The Morgan fingerprint density at radius 2 is 2.45 bits per heavy atom. The van der Waals surface area contributed by atoms with Gasteiger partial charge in [-0.15, -0.1) is 0 Å². The van der Waals surface area contributed by atoms with Gasteiger partial charge in [0.25, 0.3) is 0 Å². The van der Waals surface area contributed by atoms with Crippen molar-refractivity contribution in [3.05, 3.63) is 0 Å². The van der Waals surface area contributed by atoms with Crippen LogP contribution < -0.4 is 5.32 Å². The summed E-state index contributed by atoms with van der Waals surface area (Å²) in [4.78, 5) is 10.4. The van der Waals surface area contributed by atoms with Crippen LogP contribution in [0.3, 0.4) is 0 Å². The first-order valence-corrected chi connectivity index (χ1v) is 4.13. The molecule has 0 bridgehead atoms. The van der Waals surface area contributed by atoms with Gasteiger partial charge in [-0.05, 0) is 32.2 Å². The fraction of sp³-hybridized carbons (Fsp3) is 0.875. The lowest BCUT2D eigenvalue weighted by atomic mass is 9.91. The van der Waals surface area contributed by atoms with Gasteiger partial charge in [0.1, 0.15) is 0 Å². The Morgan fingerprint density at radius 1 is 1.73 bits per heavy atom. The second-order valence-corrected chi connectivity index (χ2v) is 3.34. The predicted octanol–water partition coefficient (Wildman–Crippen LogP) is 0.849. The Morgan fingerprint density at radius 3 is 3.00 bits per heavy atom. The highest BCUT2D eigenvalue weighted by Crippen LogP contribution is 2.18. The Balaban J connectivity index is 2.28. The maximum absolute atomic E-state index is 10.4. The molecule has 1 aliphatic heterocycles. The summed E-state index contributed by atoms with van der Waals surface area (Å²) < 4.78 is 0. The van der Waals surface area contributed by atoms with Crippen LogP contribution in [0.15, 0.2) is 0 Å². The summed E-state index contributed by atoms with van der Waals surface area (Å²) in [7, 11) is 0. The second-order valence-electron chi connectivity index (χ2n) is 3.34. The summed E-state index contributed by atoms with van der Waals surface area (Å²) in [5, 5.41) is 11.8. The Labute approximate surface area is 66.8 Å². The number of carboxylic acid groups (broad SMARTS) is 1. The van der Waals surface area contributed by atoms with Gasteiger partial charge in [0.05, 0.1) is 0 Å². The third kappa shape index (κ3) is 2.89. The highest BCUT2D eigenvalue weighted by atomic mass is 16.4. The minimum Gasteiger partial charge on any atom is -0.481 e. The van der Waals surface area contributed by atoms with E-state index >= 15 is 0 Å². The zero-order chi connectivity index (χ0) is 8.27. The molecule has 0 aromatic rings. The summed E-state index contributed by atoms with van der Waals surface area (Å²) in [6.07, 6.45) is 2.36. The molecule has 1 aliphatic rings. The van der Waals surface area contributed by atoms with Gasteiger partial charge in [0, 0.05) is 12.5 Å². The van der Waals surface area contributed by atoms with Crippen molar-refractivity contribution in [1.29, 1.82) is 0 Å². The van der Waals surface area contributed by atoms with Crippen molar-refractivity contribution in [2.24, 2.45) is 5.92 Å². The van der Waals surface area contributed by atoms with E-state index in [-0.39, 0.29) is 0 Å². The van der Waals surface area contributed by atoms with Gasteiger partial charge >= 0.3 is 5.97 Å². The molecule has 0 radical (unpaired) electrons. The zero-order valence-electron chi connectivity index (χ0n) is 6.84. The van der Waals surface area contributed by atoms with Crippen LogP contribution in [0, 0.1) is 5.92 Å². The van der Waals surface area contributed by atoms with Crippen LogP contribution in [-0.4, -0.2) is 23.7 Å². The Hall–Kier alpha value is -0.570. The van der Waals surface area contributed by atoms with Crippen molar-refractivity contribution >= 4 is 5.97 Å². The molecule has 2 N–H and O–H groups in total. The summed E-state index contributed by atoms with van der Waals surface area (Å²) in [6.45, 7) is 3.08. The molecule has 0 aliphatic carbocycles. The third-order valence-corrected chi connectivity index (χ3v) is 2.20. The van der Waals surface area contributed by atoms with E-state index in [1.54, 1.807) is 0 Å². The Bertz CT molecular complexity index is 147. The normalized spacial score (nSPS) is 31.7. The fourth-order valence-electron chi connectivity index (χ4n) is 1.67. The molecule has 3 heteroatoms. The molecule has 3 nitrogen and oxygen atoms in total. The molecule has 0 spiro atoms. The minimum atomic E-state index is -0.663. The van der Waals surface area contributed by atoms with Crippen LogP contribution in [0.5, 0.6) is 0 Å². The second kappa shape index (κ2) is 3.72. The van der Waals surface area contributed by atoms with E-state index in [0.717, 1.165) is 19.4 Å². The van der Waals surface area contributed by atoms with E-state index in [0.29, 0.717) is 18.4 Å². The highest BCUT2D eigenvalue weighted by molar-refractivity contribution is 5.67. The lowest BCUT2D eigenvalue weighted by molar-refractivity contribution is -0.138. The minimum absolute atomic E-state index is 0.339. The van der Waals surface area contributed by atoms with Gasteiger partial charge in [0.15, 0.2) is 0 Å². The first kappa shape index (κ1) is 8.53. The van der Waals surface area contributed by atoms with Crippen LogP contribution in [0.1, 0.15) is 26.2 Å². The smallest absolute Gasteiger partial charge is 0.303 e. The van der Waals surface area contributed by atoms with Gasteiger partial charge in [-0.25, -0.2) is 0 Å². The third-order valence-electron chi connectivity index (χ3n) is 2.20. The topological polar surface area (TPSA) is 49.3 Å². The molecular weight excluding hydrogens is 142 g/mol. The molecule has 0 unspecified atom stereocenters. The zero-order valence-corrected chi connectivity index (χ0v) is 6.84. The predicted molar refractivity (Wildman–Crippen MR) is 42.4 cm³/mol. The molecule has 0 saturated carbocycles. The SMILES string of the molecule is C[C@@H]1C[C@H](CC(=O)O)CCN1.